The Labute approximate surface area is 111 Å². The van der Waals surface area contributed by atoms with Gasteiger partial charge in [0, 0.05) is 12.6 Å². The van der Waals surface area contributed by atoms with Gasteiger partial charge in [-0.05, 0) is 27.7 Å². The van der Waals surface area contributed by atoms with Crippen molar-refractivity contribution >= 4 is 17.4 Å². The van der Waals surface area contributed by atoms with Crippen LogP contribution in [0.5, 0.6) is 0 Å². The van der Waals surface area contributed by atoms with Gasteiger partial charge >= 0.3 is 0 Å². The maximum atomic E-state index is 12.3. The largest absolute Gasteiger partial charge is 0.466 e. The zero-order chi connectivity index (χ0) is 14.3. The van der Waals surface area contributed by atoms with Crippen LogP contribution in [0.25, 0.3) is 0 Å². The van der Waals surface area contributed by atoms with E-state index in [2.05, 4.69) is 10.4 Å². The lowest BCUT2D eigenvalue weighted by Crippen LogP contribution is -2.16. The second-order valence-corrected chi connectivity index (χ2v) is 4.64. The SMILES string of the molecule is Cc1nn(C)c(NC(=O)c2c(C)oc(C)c2C)c1N. The van der Waals surface area contributed by atoms with E-state index in [0.29, 0.717) is 28.5 Å². The lowest BCUT2D eigenvalue weighted by atomic mass is 10.1. The summed E-state index contributed by atoms with van der Waals surface area (Å²) in [6.07, 6.45) is 0. The summed E-state index contributed by atoms with van der Waals surface area (Å²) < 4.78 is 7.01. The Balaban J connectivity index is 2.36. The topological polar surface area (TPSA) is 86.1 Å². The van der Waals surface area contributed by atoms with Crippen molar-refractivity contribution in [2.45, 2.75) is 27.7 Å². The van der Waals surface area contributed by atoms with Gasteiger partial charge in [0.05, 0.1) is 16.9 Å². The number of hydrogen-bond acceptors (Lipinski definition) is 4. The standard InChI is InChI=1S/C13H18N4O2/c1-6-8(3)19-9(4)10(6)13(18)15-12-11(14)7(2)16-17(12)5/h14H2,1-5H3,(H,15,18). The van der Waals surface area contributed by atoms with Crippen LogP contribution in [0.2, 0.25) is 0 Å². The number of aromatic nitrogens is 2. The molecule has 6 heteroatoms. The molecule has 0 aliphatic heterocycles. The summed E-state index contributed by atoms with van der Waals surface area (Å²) >= 11 is 0. The molecule has 2 rings (SSSR count). The average molecular weight is 262 g/mol. The van der Waals surface area contributed by atoms with E-state index in [9.17, 15) is 4.79 Å². The molecule has 102 valence electrons. The molecule has 0 fully saturated rings. The van der Waals surface area contributed by atoms with Gasteiger partial charge < -0.3 is 15.5 Å². The number of nitrogens with zero attached hydrogens (tertiary/aromatic N) is 2. The third kappa shape index (κ3) is 2.09. The van der Waals surface area contributed by atoms with Gasteiger partial charge in [-0.1, -0.05) is 0 Å². The van der Waals surface area contributed by atoms with Gasteiger partial charge in [0.15, 0.2) is 5.82 Å². The predicted octanol–water partition coefficient (Wildman–Crippen LogP) is 2.08. The number of carbonyl (C=O) groups is 1. The van der Waals surface area contributed by atoms with E-state index >= 15 is 0 Å². The Hall–Kier alpha value is -2.24. The number of nitrogens with one attached hydrogen (secondary N) is 1. The second-order valence-electron chi connectivity index (χ2n) is 4.64. The monoisotopic (exact) mass is 262 g/mol. The van der Waals surface area contributed by atoms with Gasteiger partial charge in [0.25, 0.3) is 5.91 Å². The fourth-order valence-corrected chi connectivity index (χ4v) is 2.12. The molecule has 0 saturated heterocycles. The van der Waals surface area contributed by atoms with Crippen molar-refractivity contribution in [3.63, 3.8) is 0 Å². The highest BCUT2D eigenvalue weighted by molar-refractivity contribution is 6.07. The number of nitrogens with two attached hydrogens (primary N) is 1. The maximum absolute atomic E-state index is 12.3. The van der Waals surface area contributed by atoms with Crippen LogP contribution in [0.1, 0.15) is 33.1 Å². The van der Waals surface area contributed by atoms with E-state index in [1.807, 2.05) is 13.8 Å². The van der Waals surface area contributed by atoms with Crippen LogP contribution in [-0.4, -0.2) is 15.7 Å². The first-order valence-corrected chi connectivity index (χ1v) is 6.00. The van der Waals surface area contributed by atoms with Crippen molar-refractivity contribution in [3.05, 3.63) is 28.3 Å². The summed E-state index contributed by atoms with van der Waals surface area (Å²) in [7, 11) is 1.74. The van der Waals surface area contributed by atoms with Crippen molar-refractivity contribution in [1.82, 2.24) is 9.78 Å². The number of aryl methyl sites for hydroxylation is 4. The van der Waals surface area contributed by atoms with Gasteiger partial charge in [-0.2, -0.15) is 5.10 Å². The van der Waals surface area contributed by atoms with Gasteiger partial charge in [0.2, 0.25) is 0 Å². The molecule has 0 atom stereocenters. The normalized spacial score (nSPS) is 10.8. The third-order valence-electron chi connectivity index (χ3n) is 3.29. The van der Waals surface area contributed by atoms with E-state index in [1.165, 1.54) is 0 Å². The highest BCUT2D eigenvalue weighted by Crippen LogP contribution is 2.25. The molecule has 0 aliphatic rings. The number of amides is 1. The van der Waals surface area contributed by atoms with Crippen molar-refractivity contribution in [1.29, 1.82) is 0 Å². The molecule has 2 aromatic heterocycles. The molecular weight excluding hydrogens is 244 g/mol. The molecule has 19 heavy (non-hydrogen) atoms. The Bertz CT molecular complexity index is 652. The minimum Gasteiger partial charge on any atom is -0.466 e. The van der Waals surface area contributed by atoms with Crippen LogP contribution < -0.4 is 11.1 Å². The Morgan fingerprint density at radius 2 is 1.89 bits per heavy atom. The molecule has 0 unspecified atom stereocenters. The molecule has 0 aliphatic carbocycles. The lowest BCUT2D eigenvalue weighted by Gasteiger charge is -2.06. The molecule has 6 nitrogen and oxygen atoms in total. The molecular formula is C13H18N4O2. The van der Waals surface area contributed by atoms with E-state index in [4.69, 9.17) is 10.2 Å². The summed E-state index contributed by atoms with van der Waals surface area (Å²) in [6.45, 7) is 7.26. The molecule has 3 N–H and O–H groups in total. The number of carbonyl (C=O) groups excluding carboxylic acids is 1. The van der Waals surface area contributed by atoms with Crippen molar-refractivity contribution < 1.29 is 9.21 Å². The van der Waals surface area contributed by atoms with Crippen molar-refractivity contribution in [3.8, 4) is 0 Å². The summed E-state index contributed by atoms with van der Waals surface area (Å²) in [4.78, 5) is 12.3. The number of hydrogen-bond donors (Lipinski definition) is 2. The Kier molecular flexibility index (Phi) is 3.09. The number of rotatable bonds is 2. The van der Waals surface area contributed by atoms with E-state index < -0.39 is 0 Å². The zero-order valence-corrected chi connectivity index (χ0v) is 11.8. The number of furan rings is 1. The molecule has 0 bridgehead atoms. The first-order chi connectivity index (χ1) is 8.82. The summed E-state index contributed by atoms with van der Waals surface area (Å²) in [5.74, 6) is 1.61. The van der Waals surface area contributed by atoms with Gasteiger partial charge in [-0.3, -0.25) is 9.48 Å². The smallest absolute Gasteiger partial charge is 0.260 e. The van der Waals surface area contributed by atoms with E-state index in [1.54, 1.807) is 25.6 Å². The minimum atomic E-state index is -0.235. The fraction of sp³-hybridized carbons (Fsp3) is 0.385. The molecule has 0 saturated carbocycles. The molecule has 2 heterocycles. The summed E-state index contributed by atoms with van der Waals surface area (Å²) in [5, 5.41) is 6.95. The summed E-state index contributed by atoms with van der Waals surface area (Å²) in [5.41, 5.74) is 8.45. The maximum Gasteiger partial charge on any atom is 0.260 e. The third-order valence-corrected chi connectivity index (χ3v) is 3.29. The summed E-state index contributed by atoms with van der Waals surface area (Å²) in [6, 6.07) is 0. The minimum absolute atomic E-state index is 0.235. The average Bonchev–Trinajstić information content (AvgIpc) is 2.70. The van der Waals surface area contributed by atoms with Crippen LogP contribution in [-0.2, 0) is 7.05 Å². The molecule has 2 aromatic rings. The van der Waals surface area contributed by atoms with Gasteiger partial charge in [-0.15, -0.1) is 0 Å². The van der Waals surface area contributed by atoms with Crippen LogP contribution in [0.4, 0.5) is 11.5 Å². The molecule has 0 aromatic carbocycles. The van der Waals surface area contributed by atoms with Gasteiger partial charge in [0.1, 0.15) is 11.5 Å². The second kappa shape index (κ2) is 4.46. The number of nitrogen functional groups attached to an aromatic ring is 1. The quantitative estimate of drug-likeness (QED) is 0.867. The molecule has 0 spiro atoms. The van der Waals surface area contributed by atoms with Crippen LogP contribution in [0.3, 0.4) is 0 Å². The van der Waals surface area contributed by atoms with Crippen molar-refractivity contribution in [2.24, 2.45) is 7.05 Å². The van der Waals surface area contributed by atoms with Crippen LogP contribution in [0.15, 0.2) is 4.42 Å². The lowest BCUT2D eigenvalue weighted by molar-refractivity contribution is 0.102. The Morgan fingerprint density at radius 3 is 2.32 bits per heavy atom. The van der Waals surface area contributed by atoms with Crippen LogP contribution >= 0.6 is 0 Å². The highest BCUT2D eigenvalue weighted by atomic mass is 16.3. The number of anilines is 2. The van der Waals surface area contributed by atoms with E-state index in [0.717, 1.165) is 11.3 Å². The molecule has 0 radical (unpaired) electrons. The first-order valence-electron chi connectivity index (χ1n) is 6.00. The predicted molar refractivity (Wildman–Crippen MR) is 73.2 cm³/mol. The fourth-order valence-electron chi connectivity index (χ4n) is 2.12. The first kappa shape index (κ1) is 13.2. The zero-order valence-electron chi connectivity index (χ0n) is 11.8. The van der Waals surface area contributed by atoms with Gasteiger partial charge in [-0.25, -0.2) is 0 Å². The Morgan fingerprint density at radius 1 is 1.26 bits per heavy atom. The van der Waals surface area contributed by atoms with E-state index in [-0.39, 0.29) is 5.91 Å². The highest BCUT2D eigenvalue weighted by Gasteiger charge is 2.21. The van der Waals surface area contributed by atoms with Crippen molar-refractivity contribution in [2.75, 3.05) is 11.1 Å². The molecule has 1 amide bonds. The van der Waals surface area contributed by atoms with Crippen LogP contribution in [0, 0.1) is 27.7 Å².